The molecule has 2 rings (SSSR count). The van der Waals surface area contributed by atoms with Gasteiger partial charge in [-0.15, -0.1) is 0 Å². The van der Waals surface area contributed by atoms with Gasteiger partial charge >= 0.3 is 6.03 Å². The number of urea groups is 1. The van der Waals surface area contributed by atoms with Crippen molar-refractivity contribution >= 4 is 27.6 Å². The lowest BCUT2D eigenvalue weighted by Gasteiger charge is -2.30. The van der Waals surface area contributed by atoms with Crippen LogP contribution in [-0.2, 0) is 0 Å². The first kappa shape index (κ1) is 17.3. The van der Waals surface area contributed by atoms with Crippen LogP contribution in [0.4, 0.5) is 10.5 Å². The summed E-state index contributed by atoms with van der Waals surface area (Å²) in [7, 11) is 0. The second-order valence-electron chi connectivity index (χ2n) is 6.14. The highest BCUT2D eigenvalue weighted by atomic mass is 79.9. The maximum absolute atomic E-state index is 11.8. The molecule has 4 nitrogen and oxygen atoms in total. The number of halogens is 1. The first-order valence-corrected chi connectivity index (χ1v) is 8.95. The Hall–Kier alpha value is -1.07. The Kier molecular flexibility index (Phi) is 7.19. The molecule has 1 aliphatic rings. The van der Waals surface area contributed by atoms with Crippen molar-refractivity contribution in [1.29, 1.82) is 0 Å². The van der Waals surface area contributed by atoms with Crippen molar-refractivity contribution in [2.24, 2.45) is 5.92 Å². The highest BCUT2D eigenvalue weighted by Crippen LogP contribution is 2.16. The average molecular weight is 368 g/mol. The zero-order valence-electron chi connectivity index (χ0n) is 13.3. The number of piperidine rings is 1. The monoisotopic (exact) mass is 367 g/mol. The van der Waals surface area contributed by atoms with E-state index in [0.29, 0.717) is 0 Å². The molecule has 0 bridgehead atoms. The predicted octanol–water partition coefficient (Wildman–Crippen LogP) is 4.08. The van der Waals surface area contributed by atoms with Crippen LogP contribution in [0.5, 0.6) is 0 Å². The van der Waals surface area contributed by atoms with E-state index < -0.39 is 0 Å². The lowest BCUT2D eigenvalue weighted by molar-refractivity contribution is 0.181. The van der Waals surface area contributed by atoms with Crippen LogP contribution in [0, 0.1) is 5.92 Å². The van der Waals surface area contributed by atoms with Crippen LogP contribution >= 0.6 is 15.9 Å². The number of benzene rings is 1. The zero-order chi connectivity index (χ0) is 15.8. The molecule has 1 aromatic rings. The van der Waals surface area contributed by atoms with E-state index in [0.717, 1.165) is 42.0 Å². The molecule has 0 aromatic heterocycles. The van der Waals surface area contributed by atoms with Crippen molar-refractivity contribution in [3.05, 3.63) is 28.7 Å². The van der Waals surface area contributed by atoms with Gasteiger partial charge in [-0.3, -0.25) is 0 Å². The highest BCUT2D eigenvalue weighted by molar-refractivity contribution is 9.10. The van der Waals surface area contributed by atoms with E-state index in [-0.39, 0.29) is 6.03 Å². The molecular weight excluding hydrogens is 342 g/mol. The molecule has 2 N–H and O–H groups in total. The van der Waals surface area contributed by atoms with Gasteiger partial charge in [-0.05, 0) is 69.0 Å². The van der Waals surface area contributed by atoms with E-state index >= 15 is 0 Å². The van der Waals surface area contributed by atoms with Crippen molar-refractivity contribution in [2.45, 2.75) is 32.6 Å². The number of likely N-dealkylation sites (tertiary alicyclic amines) is 1. The number of hydrogen-bond donors (Lipinski definition) is 2. The molecule has 22 heavy (non-hydrogen) atoms. The molecule has 1 aromatic carbocycles. The maximum Gasteiger partial charge on any atom is 0.319 e. The number of carbonyl (C=O) groups excluding carboxylic acids is 1. The molecule has 0 spiro atoms. The first-order valence-electron chi connectivity index (χ1n) is 8.16. The molecular formula is C17H26BrN3O. The van der Waals surface area contributed by atoms with Gasteiger partial charge in [0, 0.05) is 23.2 Å². The van der Waals surface area contributed by atoms with Crippen LogP contribution in [0.1, 0.15) is 32.6 Å². The predicted molar refractivity (Wildman–Crippen MR) is 95.2 cm³/mol. The lowest BCUT2D eigenvalue weighted by Crippen LogP contribution is -2.35. The quantitative estimate of drug-likeness (QED) is 0.743. The zero-order valence-corrected chi connectivity index (χ0v) is 14.9. The number of nitrogens with zero attached hydrogens (tertiary/aromatic N) is 1. The third-order valence-electron chi connectivity index (χ3n) is 4.03. The van der Waals surface area contributed by atoms with Gasteiger partial charge in [-0.1, -0.05) is 22.9 Å². The van der Waals surface area contributed by atoms with Crippen LogP contribution in [0.15, 0.2) is 28.7 Å². The van der Waals surface area contributed by atoms with Crippen molar-refractivity contribution in [2.75, 3.05) is 31.5 Å². The minimum absolute atomic E-state index is 0.131. The molecule has 1 heterocycles. The first-order chi connectivity index (χ1) is 10.6. The van der Waals surface area contributed by atoms with Gasteiger partial charge in [-0.25, -0.2) is 4.79 Å². The molecule has 0 aliphatic carbocycles. The van der Waals surface area contributed by atoms with Crippen LogP contribution in [0.2, 0.25) is 0 Å². The smallest absolute Gasteiger partial charge is 0.319 e. The van der Waals surface area contributed by atoms with E-state index in [1.165, 1.54) is 25.9 Å². The Labute approximate surface area is 141 Å². The fraction of sp³-hybridized carbons (Fsp3) is 0.588. The summed E-state index contributed by atoms with van der Waals surface area (Å²) in [6.07, 6.45) is 4.87. The normalized spacial score (nSPS) is 18.9. The number of carbonyl (C=O) groups is 1. The van der Waals surface area contributed by atoms with Crippen LogP contribution in [-0.4, -0.2) is 37.1 Å². The standard InChI is InChI=1S/C17H26BrN3O/c1-14-5-4-12-21(13-14)11-3-2-10-19-17(22)20-16-8-6-15(18)7-9-16/h6-9,14H,2-5,10-13H2,1H3,(H2,19,20,22). The van der Waals surface area contributed by atoms with E-state index in [9.17, 15) is 4.79 Å². The van der Waals surface area contributed by atoms with Gasteiger partial charge in [0.05, 0.1) is 0 Å². The number of unbranched alkanes of at least 4 members (excludes halogenated alkanes) is 1. The van der Waals surface area contributed by atoms with Gasteiger partial charge in [0.25, 0.3) is 0 Å². The molecule has 5 heteroatoms. The third-order valence-corrected chi connectivity index (χ3v) is 4.56. The minimum atomic E-state index is -0.131. The van der Waals surface area contributed by atoms with Crippen molar-refractivity contribution < 1.29 is 4.79 Å². The number of nitrogens with one attached hydrogen (secondary N) is 2. The van der Waals surface area contributed by atoms with Gasteiger partial charge in [0.1, 0.15) is 0 Å². The molecule has 1 aliphatic heterocycles. The number of rotatable bonds is 6. The maximum atomic E-state index is 11.8. The fourth-order valence-electron chi connectivity index (χ4n) is 2.86. The van der Waals surface area contributed by atoms with Crippen molar-refractivity contribution in [3.8, 4) is 0 Å². The molecule has 1 saturated heterocycles. The number of hydrogen-bond acceptors (Lipinski definition) is 2. The minimum Gasteiger partial charge on any atom is -0.338 e. The van der Waals surface area contributed by atoms with Gasteiger partial charge < -0.3 is 15.5 Å². The second-order valence-corrected chi connectivity index (χ2v) is 7.06. The second kappa shape index (κ2) is 9.16. The summed E-state index contributed by atoms with van der Waals surface area (Å²) in [4.78, 5) is 14.3. The summed E-state index contributed by atoms with van der Waals surface area (Å²) >= 11 is 3.37. The van der Waals surface area contributed by atoms with Gasteiger partial charge in [0.2, 0.25) is 0 Å². The van der Waals surface area contributed by atoms with Crippen LogP contribution in [0.3, 0.4) is 0 Å². The summed E-state index contributed by atoms with van der Waals surface area (Å²) in [6.45, 7) is 6.69. The highest BCUT2D eigenvalue weighted by Gasteiger charge is 2.15. The lowest BCUT2D eigenvalue weighted by atomic mass is 10.0. The summed E-state index contributed by atoms with van der Waals surface area (Å²) in [5.74, 6) is 0.837. The van der Waals surface area contributed by atoms with E-state index in [2.05, 4.69) is 38.4 Å². The molecule has 0 radical (unpaired) electrons. The van der Waals surface area contributed by atoms with E-state index in [4.69, 9.17) is 0 Å². The molecule has 1 atom stereocenters. The Morgan fingerprint density at radius 2 is 2.09 bits per heavy atom. The summed E-state index contributed by atoms with van der Waals surface area (Å²) in [6, 6.07) is 7.45. The number of amides is 2. The van der Waals surface area contributed by atoms with E-state index in [1.54, 1.807) is 0 Å². The van der Waals surface area contributed by atoms with Crippen LogP contribution in [0.25, 0.3) is 0 Å². The fourth-order valence-corrected chi connectivity index (χ4v) is 3.12. The summed E-state index contributed by atoms with van der Waals surface area (Å²) < 4.78 is 1.01. The number of anilines is 1. The Morgan fingerprint density at radius 3 is 2.82 bits per heavy atom. The molecule has 1 fully saturated rings. The van der Waals surface area contributed by atoms with Crippen molar-refractivity contribution in [3.63, 3.8) is 0 Å². The molecule has 122 valence electrons. The Morgan fingerprint density at radius 1 is 1.32 bits per heavy atom. The SMILES string of the molecule is CC1CCCN(CCCCNC(=O)Nc2ccc(Br)cc2)C1. The largest absolute Gasteiger partial charge is 0.338 e. The van der Waals surface area contributed by atoms with E-state index in [1.807, 2.05) is 24.3 Å². The molecule has 2 amide bonds. The third kappa shape index (κ3) is 6.36. The Balaban J connectivity index is 1.54. The topological polar surface area (TPSA) is 44.4 Å². The van der Waals surface area contributed by atoms with Gasteiger partial charge in [0.15, 0.2) is 0 Å². The van der Waals surface area contributed by atoms with Crippen molar-refractivity contribution in [1.82, 2.24) is 10.2 Å². The summed E-state index contributed by atoms with van der Waals surface area (Å²) in [5, 5.41) is 5.75. The molecule has 0 saturated carbocycles. The van der Waals surface area contributed by atoms with Gasteiger partial charge in [-0.2, -0.15) is 0 Å². The van der Waals surface area contributed by atoms with Crippen LogP contribution < -0.4 is 10.6 Å². The Bertz CT molecular complexity index is 463. The summed E-state index contributed by atoms with van der Waals surface area (Å²) in [5.41, 5.74) is 0.808. The molecule has 1 unspecified atom stereocenters. The average Bonchev–Trinajstić information content (AvgIpc) is 2.49.